The standard InChI is InChI=1S/C20H23FN4O2.HI/c1-2-22-20(23-12-17-11-14-5-3-4-6-18(14)27-17)24-13-19(26)25-16-9-7-15(21)8-10-16;/h3-10,17H,2,11-13H2,1H3,(H,25,26)(H2,22,23,24);1H. The molecule has 1 amide bonds. The Morgan fingerprint density at radius 3 is 2.64 bits per heavy atom. The summed E-state index contributed by atoms with van der Waals surface area (Å²) in [7, 11) is 0. The molecule has 0 aliphatic carbocycles. The van der Waals surface area contributed by atoms with Crippen LogP contribution in [0.5, 0.6) is 5.75 Å². The smallest absolute Gasteiger partial charge is 0.246 e. The number of carbonyl (C=O) groups is 1. The van der Waals surface area contributed by atoms with Crippen LogP contribution in [0.1, 0.15) is 12.5 Å². The molecule has 0 saturated carbocycles. The van der Waals surface area contributed by atoms with Crippen molar-refractivity contribution in [2.45, 2.75) is 19.4 Å². The minimum absolute atomic E-state index is 0. The summed E-state index contributed by atoms with van der Waals surface area (Å²) < 4.78 is 18.8. The molecule has 0 spiro atoms. The number of aliphatic imine (C=N–C) groups is 1. The third-order valence-corrected chi connectivity index (χ3v) is 4.06. The zero-order chi connectivity index (χ0) is 19.1. The fourth-order valence-electron chi connectivity index (χ4n) is 2.80. The van der Waals surface area contributed by atoms with Crippen molar-refractivity contribution in [2.24, 2.45) is 4.99 Å². The molecule has 3 N–H and O–H groups in total. The highest BCUT2D eigenvalue weighted by Gasteiger charge is 2.22. The van der Waals surface area contributed by atoms with E-state index in [1.54, 1.807) is 0 Å². The van der Waals surface area contributed by atoms with Gasteiger partial charge in [-0.3, -0.25) is 4.79 Å². The number of guanidine groups is 1. The molecule has 8 heteroatoms. The molecule has 1 aliphatic heterocycles. The number of amides is 1. The Morgan fingerprint density at radius 2 is 1.93 bits per heavy atom. The minimum Gasteiger partial charge on any atom is -0.488 e. The second-order valence-electron chi connectivity index (χ2n) is 6.18. The van der Waals surface area contributed by atoms with Crippen LogP contribution in [0, 0.1) is 5.82 Å². The molecular formula is C20H24FIN4O2. The predicted octanol–water partition coefficient (Wildman–Crippen LogP) is 2.94. The first-order valence-corrected chi connectivity index (χ1v) is 8.96. The minimum atomic E-state index is -0.346. The van der Waals surface area contributed by atoms with Gasteiger partial charge in [0.2, 0.25) is 5.91 Å². The normalized spacial score (nSPS) is 15.1. The molecule has 2 aromatic carbocycles. The van der Waals surface area contributed by atoms with Gasteiger partial charge in [0.05, 0.1) is 6.54 Å². The molecule has 28 heavy (non-hydrogen) atoms. The number of benzene rings is 2. The fraction of sp³-hybridized carbons (Fsp3) is 0.300. The van der Waals surface area contributed by atoms with Crippen molar-refractivity contribution >= 4 is 41.5 Å². The summed E-state index contributed by atoms with van der Waals surface area (Å²) in [5.74, 6) is 0.848. The number of fused-ring (bicyclic) bond motifs is 1. The topological polar surface area (TPSA) is 74.8 Å². The molecule has 6 nitrogen and oxygen atoms in total. The molecule has 0 aromatic heterocycles. The largest absolute Gasteiger partial charge is 0.488 e. The van der Waals surface area contributed by atoms with Gasteiger partial charge in [0.15, 0.2) is 5.96 Å². The van der Waals surface area contributed by atoms with Crippen molar-refractivity contribution in [3.63, 3.8) is 0 Å². The number of halogens is 2. The maximum Gasteiger partial charge on any atom is 0.246 e. The Labute approximate surface area is 181 Å². The predicted molar refractivity (Wildman–Crippen MR) is 119 cm³/mol. The Kier molecular flexibility index (Phi) is 8.49. The van der Waals surface area contributed by atoms with Crippen LogP contribution in [0.25, 0.3) is 0 Å². The van der Waals surface area contributed by atoms with Crippen LogP contribution in [0.2, 0.25) is 0 Å². The number of hydrogen-bond acceptors (Lipinski definition) is 3. The van der Waals surface area contributed by atoms with E-state index >= 15 is 0 Å². The lowest BCUT2D eigenvalue weighted by molar-refractivity contribution is -0.114. The van der Waals surface area contributed by atoms with E-state index in [0.717, 1.165) is 12.2 Å². The van der Waals surface area contributed by atoms with Crippen LogP contribution < -0.4 is 20.7 Å². The molecule has 1 unspecified atom stereocenters. The number of anilines is 1. The van der Waals surface area contributed by atoms with Gasteiger partial charge in [-0.25, -0.2) is 9.38 Å². The van der Waals surface area contributed by atoms with E-state index in [4.69, 9.17) is 4.74 Å². The molecule has 0 radical (unpaired) electrons. The highest BCUT2D eigenvalue weighted by atomic mass is 127. The quantitative estimate of drug-likeness (QED) is 0.326. The first-order chi connectivity index (χ1) is 13.1. The summed E-state index contributed by atoms with van der Waals surface area (Å²) in [6, 6.07) is 13.6. The van der Waals surface area contributed by atoms with E-state index in [1.165, 1.54) is 29.8 Å². The Bertz CT molecular complexity index is 789. The molecule has 0 bridgehead atoms. The van der Waals surface area contributed by atoms with Gasteiger partial charge in [-0.15, -0.1) is 24.0 Å². The zero-order valence-electron chi connectivity index (χ0n) is 15.6. The van der Waals surface area contributed by atoms with Crippen LogP contribution >= 0.6 is 24.0 Å². The van der Waals surface area contributed by atoms with Crippen LogP contribution in [-0.4, -0.2) is 37.6 Å². The number of para-hydroxylation sites is 1. The monoisotopic (exact) mass is 498 g/mol. The molecule has 2 aromatic rings. The zero-order valence-corrected chi connectivity index (χ0v) is 17.9. The first-order valence-electron chi connectivity index (χ1n) is 8.96. The van der Waals surface area contributed by atoms with Crippen LogP contribution in [-0.2, 0) is 11.2 Å². The van der Waals surface area contributed by atoms with E-state index in [2.05, 4.69) is 27.0 Å². The van der Waals surface area contributed by atoms with E-state index in [9.17, 15) is 9.18 Å². The number of ether oxygens (including phenoxy) is 1. The second-order valence-corrected chi connectivity index (χ2v) is 6.18. The summed E-state index contributed by atoms with van der Waals surface area (Å²) >= 11 is 0. The number of hydrogen-bond donors (Lipinski definition) is 3. The molecule has 3 rings (SSSR count). The molecule has 0 saturated heterocycles. The van der Waals surface area contributed by atoms with Gasteiger partial charge < -0.3 is 20.7 Å². The maximum atomic E-state index is 12.9. The highest BCUT2D eigenvalue weighted by Crippen LogP contribution is 2.27. The highest BCUT2D eigenvalue weighted by molar-refractivity contribution is 14.0. The van der Waals surface area contributed by atoms with Crippen LogP contribution in [0.3, 0.4) is 0 Å². The van der Waals surface area contributed by atoms with Gasteiger partial charge in [-0.1, -0.05) is 18.2 Å². The van der Waals surface area contributed by atoms with Gasteiger partial charge in [0, 0.05) is 18.7 Å². The summed E-state index contributed by atoms with van der Waals surface area (Å²) in [5, 5.41) is 9.00. The second kappa shape index (κ2) is 10.8. The van der Waals surface area contributed by atoms with Crippen LogP contribution in [0.15, 0.2) is 53.5 Å². The van der Waals surface area contributed by atoms with Gasteiger partial charge >= 0.3 is 0 Å². The molecule has 0 fully saturated rings. The Hall–Kier alpha value is -2.36. The van der Waals surface area contributed by atoms with Gasteiger partial charge in [-0.2, -0.15) is 0 Å². The van der Waals surface area contributed by atoms with Gasteiger partial charge in [-0.05, 0) is 42.8 Å². The first kappa shape index (κ1) is 21.9. The number of nitrogens with one attached hydrogen (secondary N) is 3. The van der Waals surface area contributed by atoms with Crippen molar-refractivity contribution in [1.82, 2.24) is 10.6 Å². The molecule has 1 aliphatic rings. The molecule has 1 heterocycles. The van der Waals surface area contributed by atoms with Crippen molar-refractivity contribution in [2.75, 3.05) is 25.0 Å². The number of carbonyl (C=O) groups excluding carboxylic acids is 1. The lowest BCUT2D eigenvalue weighted by Gasteiger charge is -2.15. The lowest BCUT2D eigenvalue weighted by atomic mass is 10.1. The number of rotatable bonds is 6. The third kappa shape index (κ3) is 6.36. The van der Waals surface area contributed by atoms with Gasteiger partial charge in [0.25, 0.3) is 0 Å². The van der Waals surface area contributed by atoms with E-state index in [0.29, 0.717) is 24.7 Å². The summed E-state index contributed by atoms with van der Waals surface area (Å²) in [5.41, 5.74) is 1.73. The number of nitrogens with zero attached hydrogens (tertiary/aromatic N) is 1. The molecule has 1 atom stereocenters. The average molecular weight is 498 g/mol. The van der Waals surface area contributed by atoms with E-state index in [-0.39, 0.29) is 48.3 Å². The van der Waals surface area contributed by atoms with Crippen molar-refractivity contribution < 1.29 is 13.9 Å². The lowest BCUT2D eigenvalue weighted by Crippen LogP contribution is -2.42. The van der Waals surface area contributed by atoms with Gasteiger partial charge in [0.1, 0.15) is 24.2 Å². The Morgan fingerprint density at radius 1 is 1.18 bits per heavy atom. The van der Waals surface area contributed by atoms with Crippen molar-refractivity contribution in [1.29, 1.82) is 0 Å². The van der Waals surface area contributed by atoms with E-state index < -0.39 is 0 Å². The molecule has 150 valence electrons. The fourth-order valence-corrected chi connectivity index (χ4v) is 2.80. The van der Waals surface area contributed by atoms with E-state index in [1.807, 2.05) is 25.1 Å². The van der Waals surface area contributed by atoms with Crippen molar-refractivity contribution in [3.8, 4) is 5.75 Å². The summed E-state index contributed by atoms with van der Waals surface area (Å²) in [6.07, 6.45) is 0.868. The maximum absolute atomic E-state index is 12.9. The summed E-state index contributed by atoms with van der Waals surface area (Å²) in [6.45, 7) is 3.17. The Balaban J connectivity index is 0.00000280. The van der Waals surface area contributed by atoms with Crippen molar-refractivity contribution in [3.05, 3.63) is 59.9 Å². The average Bonchev–Trinajstić information content (AvgIpc) is 3.09. The molecular weight excluding hydrogens is 474 g/mol. The SMILES string of the molecule is CCNC(=NCC(=O)Nc1ccc(F)cc1)NCC1Cc2ccccc2O1.I. The summed E-state index contributed by atoms with van der Waals surface area (Å²) in [4.78, 5) is 16.3. The van der Waals surface area contributed by atoms with Crippen LogP contribution in [0.4, 0.5) is 10.1 Å². The third-order valence-electron chi connectivity index (χ3n) is 4.06.